The summed E-state index contributed by atoms with van der Waals surface area (Å²) in [5.74, 6) is 0.250. The summed E-state index contributed by atoms with van der Waals surface area (Å²) in [6.07, 6.45) is 1.89. The quantitative estimate of drug-likeness (QED) is 0.710. The van der Waals surface area contributed by atoms with Crippen LogP contribution in [-0.4, -0.2) is 4.98 Å². The molecule has 2 aromatic rings. The Morgan fingerprint density at radius 3 is 2.47 bits per heavy atom. The van der Waals surface area contributed by atoms with Gasteiger partial charge in [-0.3, -0.25) is 0 Å². The van der Waals surface area contributed by atoms with E-state index >= 15 is 0 Å². The molecule has 0 bridgehead atoms. The summed E-state index contributed by atoms with van der Waals surface area (Å²) in [6, 6.07) is 5.17. The van der Waals surface area contributed by atoms with Crippen molar-refractivity contribution in [3.05, 3.63) is 35.8 Å². The number of halogens is 1. The van der Waals surface area contributed by atoms with Crippen LogP contribution in [0.3, 0.4) is 0 Å². The largest absolute Gasteiger partial charge is 0.359 e. The first kappa shape index (κ1) is 11.8. The monoisotopic (exact) mass is 207 g/mol. The number of H-pyrrole nitrogens is 1. The highest BCUT2D eigenvalue weighted by Gasteiger charge is 2.08. The third-order valence-corrected chi connectivity index (χ3v) is 2.32. The zero-order valence-electron chi connectivity index (χ0n) is 9.76. The highest BCUT2D eigenvalue weighted by atomic mass is 19.1. The van der Waals surface area contributed by atoms with Crippen LogP contribution in [0.5, 0.6) is 0 Å². The van der Waals surface area contributed by atoms with Crippen molar-refractivity contribution >= 4 is 10.9 Å². The molecular weight excluding hydrogens is 189 g/mol. The molecule has 15 heavy (non-hydrogen) atoms. The minimum atomic E-state index is -0.176. The van der Waals surface area contributed by atoms with Crippen molar-refractivity contribution in [3.8, 4) is 0 Å². The molecule has 82 valence electrons. The number of benzene rings is 1. The van der Waals surface area contributed by atoms with E-state index in [4.69, 9.17) is 0 Å². The molecule has 0 spiro atoms. The van der Waals surface area contributed by atoms with Gasteiger partial charge in [0.25, 0.3) is 0 Å². The first-order chi connectivity index (χ1) is 7.20. The molecule has 0 saturated heterocycles. The Bertz CT molecular complexity index is 429. The van der Waals surface area contributed by atoms with Crippen molar-refractivity contribution < 1.29 is 4.39 Å². The maximum atomic E-state index is 13.2. The number of hydrogen-bond donors (Lipinski definition) is 1. The van der Waals surface area contributed by atoms with E-state index in [1.165, 1.54) is 11.6 Å². The van der Waals surface area contributed by atoms with Gasteiger partial charge < -0.3 is 4.98 Å². The van der Waals surface area contributed by atoms with Crippen molar-refractivity contribution in [2.24, 2.45) is 0 Å². The van der Waals surface area contributed by atoms with Gasteiger partial charge >= 0.3 is 0 Å². The number of nitrogens with one attached hydrogen (secondary N) is 1. The lowest BCUT2D eigenvalue weighted by Gasteiger charge is -2.01. The molecule has 1 heterocycles. The summed E-state index contributed by atoms with van der Waals surface area (Å²) in [5, 5.41) is 0.995. The Labute approximate surface area is 90.3 Å². The second-order valence-electron chi connectivity index (χ2n) is 3.56. The lowest BCUT2D eigenvalue weighted by molar-refractivity contribution is 0.637. The number of para-hydroxylation sites is 1. The van der Waals surface area contributed by atoms with Gasteiger partial charge in [-0.1, -0.05) is 39.8 Å². The Hall–Kier alpha value is -1.31. The van der Waals surface area contributed by atoms with Crippen molar-refractivity contribution in [2.75, 3.05) is 0 Å². The van der Waals surface area contributed by atoms with Crippen LogP contribution in [0.15, 0.2) is 24.4 Å². The average molecular weight is 207 g/mol. The van der Waals surface area contributed by atoms with Gasteiger partial charge in [-0.25, -0.2) is 4.39 Å². The van der Waals surface area contributed by atoms with Crippen LogP contribution in [0, 0.1) is 5.82 Å². The molecule has 1 N–H and O–H groups in total. The number of fused-ring (bicyclic) bond motifs is 1. The van der Waals surface area contributed by atoms with E-state index in [0.717, 1.165) is 5.39 Å². The molecular formula is C13H18FN. The van der Waals surface area contributed by atoms with Gasteiger partial charge in [-0.15, -0.1) is 0 Å². The minimum Gasteiger partial charge on any atom is -0.359 e. The molecule has 1 nitrogen and oxygen atoms in total. The summed E-state index contributed by atoms with van der Waals surface area (Å²) in [5.41, 5.74) is 1.79. The van der Waals surface area contributed by atoms with E-state index in [1.807, 2.05) is 26.1 Å². The van der Waals surface area contributed by atoms with E-state index in [1.54, 1.807) is 6.07 Å². The Balaban J connectivity index is 0.000000531. The van der Waals surface area contributed by atoms with Crippen molar-refractivity contribution in [1.82, 2.24) is 4.98 Å². The third-order valence-electron chi connectivity index (χ3n) is 2.32. The molecule has 0 fully saturated rings. The molecule has 1 aromatic carbocycles. The SMILES string of the molecule is CC.CC(C)c1c[nH]c2c(F)cccc12. The zero-order valence-corrected chi connectivity index (χ0v) is 9.76. The predicted octanol–water partition coefficient (Wildman–Crippen LogP) is 4.46. The lowest BCUT2D eigenvalue weighted by atomic mass is 10.0. The van der Waals surface area contributed by atoms with Crippen LogP contribution in [0.2, 0.25) is 0 Å². The van der Waals surface area contributed by atoms with E-state index < -0.39 is 0 Å². The molecule has 0 unspecified atom stereocenters. The van der Waals surface area contributed by atoms with Crippen LogP contribution < -0.4 is 0 Å². The Morgan fingerprint density at radius 1 is 1.20 bits per heavy atom. The molecule has 0 aliphatic carbocycles. The van der Waals surface area contributed by atoms with Crippen LogP contribution in [0.25, 0.3) is 10.9 Å². The van der Waals surface area contributed by atoms with E-state index in [2.05, 4.69) is 18.8 Å². The lowest BCUT2D eigenvalue weighted by Crippen LogP contribution is -1.83. The minimum absolute atomic E-state index is 0.176. The second kappa shape index (κ2) is 4.96. The van der Waals surface area contributed by atoms with Crippen molar-refractivity contribution in [2.45, 2.75) is 33.6 Å². The number of aromatic amines is 1. The molecule has 0 aliphatic heterocycles. The Morgan fingerprint density at radius 2 is 1.87 bits per heavy atom. The van der Waals surface area contributed by atoms with Gasteiger partial charge in [0.05, 0.1) is 5.52 Å². The molecule has 0 atom stereocenters. The highest BCUT2D eigenvalue weighted by molar-refractivity contribution is 5.84. The van der Waals surface area contributed by atoms with E-state index in [9.17, 15) is 4.39 Å². The van der Waals surface area contributed by atoms with Gasteiger partial charge in [0.15, 0.2) is 0 Å². The summed E-state index contributed by atoms with van der Waals surface area (Å²) in [7, 11) is 0. The molecule has 1 aromatic heterocycles. The van der Waals surface area contributed by atoms with Gasteiger partial charge in [0.1, 0.15) is 5.82 Å². The number of hydrogen-bond acceptors (Lipinski definition) is 0. The molecule has 0 aliphatic rings. The standard InChI is InChI=1S/C11H12FN.C2H6/c1-7(2)9-6-13-11-8(9)4-3-5-10(11)12;1-2/h3-7,13H,1-2H3;1-2H3. The van der Waals surface area contributed by atoms with Gasteiger partial charge in [-0.2, -0.15) is 0 Å². The van der Waals surface area contributed by atoms with Gasteiger partial charge in [0, 0.05) is 11.6 Å². The fourth-order valence-electron chi connectivity index (χ4n) is 1.62. The van der Waals surface area contributed by atoms with Gasteiger partial charge in [-0.05, 0) is 17.5 Å². The first-order valence-corrected chi connectivity index (χ1v) is 5.45. The maximum Gasteiger partial charge on any atom is 0.147 e. The van der Waals surface area contributed by atoms with Crippen LogP contribution in [-0.2, 0) is 0 Å². The van der Waals surface area contributed by atoms with Gasteiger partial charge in [0.2, 0.25) is 0 Å². The number of aromatic nitrogens is 1. The molecule has 2 heteroatoms. The third kappa shape index (κ3) is 2.20. The highest BCUT2D eigenvalue weighted by Crippen LogP contribution is 2.26. The smallest absolute Gasteiger partial charge is 0.147 e. The van der Waals surface area contributed by atoms with Crippen LogP contribution >= 0.6 is 0 Å². The van der Waals surface area contributed by atoms with Crippen LogP contribution in [0.1, 0.15) is 39.2 Å². The second-order valence-corrected chi connectivity index (χ2v) is 3.56. The summed E-state index contributed by atoms with van der Waals surface area (Å²) in [6.45, 7) is 8.21. The normalized spacial score (nSPS) is 10.3. The summed E-state index contributed by atoms with van der Waals surface area (Å²) < 4.78 is 13.2. The van der Waals surface area contributed by atoms with E-state index in [-0.39, 0.29) is 5.82 Å². The summed E-state index contributed by atoms with van der Waals surface area (Å²) in [4.78, 5) is 2.96. The fraction of sp³-hybridized carbons (Fsp3) is 0.385. The molecule has 2 rings (SSSR count). The maximum absolute atomic E-state index is 13.2. The molecule has 0 amide bonds. The topological polar surface area (TPSA) is 15.8 Å². The fourth-order valence-corrected chi connectivity index (χ4v) is 1.62. The van der Waals surface area contributed by atoms with Crippen molar-refractivity contribution in [3.63, 3.8) is 0 Å². The molecule has 0 radical (unpaired) electrons. The van der Waals surface area contributed by atoms with Crippen LogP contribution in [0.4, 0.5) is 4.39 Å². The molecule has 0 saturated carbocycles. The van der Waals surface area contributed by atoms with Crippen molar-refractivity contribution in [1.29, 1.82) is 0 Å². The summed E-state index contributed by atoms with van der Waals surface area (Å²) >= 11 is 0. The zero-order chi connectivity index (χ0) is 11.4. The predicted molar refractivity (Wildman–Crippen MR) is 63.7 cm³/mol. The Kier molecular flexibility index (Phi) is 3.89. The van der Waals surface area contributed by atoms with E-state index in [0.29, 0.717) is 11.4 Å². The number of rotatable bonds is 1. The first-order valence-electron chi connectivity index (χ1n) is 5.45. The average Bonchev–Trinajstić information content (AvgIpc) is 2.66.